The summed E-state index contributed by atoms with van der Waals surface area (Å²) in [6.45, 7) is 4.10. The Kier molecular flexibility index (Phi) is 13.2. The normalized spacial score (nSPS) is 23.6. The Labute approximate surface area is 261 Å². The van der Waals surface area contributed by atoms with Crippen LogP contribution in [-0.2, 0) is 19.1 Å². The lowest BCUT2D eigenvalue weighted by molar-refractivity contribution is -0.152. The number of carbonyl (C=O) groups is 3. The van der Waals surface area contributed by atoms with Gasteiger partial charge in [0.15, 0.2) is 5.60 Å². The van der Waals surface area contributed by atoms with Crippen LogP contribution in [0.1, 0.15) is 77.9 Å². The number of aromatic nitrogens is 3. The fraction of sp³-hybridized carbons (Fsp3) is 0.621. The van der Waals surface area contributed by atoms with Gasteiger partial charge in [0, 0.05) is 30.5 Å². The number of rotatable bonds is 10. The van der Waals surface area contributed by atoms with Crippen molar-refractivity contribution in [2.75, 3.05) is 23.8 Å². The number of hydrogen-bond donors (Lipinski definition) is 4. The predicted molar refractivity (Wildman–Crippen MR) is 167 cm³/mol. The molecule has 43 heavy (non-hydrogen) atoms. The number of aliphatic carboxylic acids is 1. The van der Waals surface area contributed by atoms with Gasteiger partial charge >= 0.3 is 18.0 Å². The zero-order valence-electron chi connectivity index (χ0n) is 24.6. The lowest BCUT2D eigenvalue weighted by Gasteiger charge is -2.24. The molecule has 0 radical (unpaired) electrons. The largest absolute Gasteiger partial charge is 0.481 e. The highest BCUT2D eigenvalue weighted by Gasteiger charge is 2.41. The number of carboxylic acid groups (broad SMARTS) is 1. The molecule has 5 rings (SSSR count). The van der Waals surface area contributed by atoms with Crippen LogP contribution in [-0.4, -0.2) is 73.4 Å². The van der Waals surface area contributed by atoms with Crippen molar-refractivity contribution in [1.29, 1.82) is 0 Å². The van der Waals surface area contributed by atoms with Crippen molar-refractivity contribution in [2.45, 2.75) is 95.5 Å². The molecular formula is C29H41ClN6O6S. The zero-order valence-corrected chi connectivity index (χ0v) is 26.2. The third kappa shape index (κ3) is 9.91. The van der Waals surface area contributed by atoms with Crippen molar-refractivity contribution in [1.82, 2.24) is 25.2 Å². The summed E-state index contributed by atoms with van der Waals surface area (Å²) in [4.78, 5) is 40.5. The Morgan fingerprint density at radius 1 is 1.23 bits per heavy atom. The molecule has 12 nitrogen and oxygen atoms in total. The average Bonchev–Trinajstić information content (AvgIpc) is 3.75. The molecule has 236 valence electrons. The van der Waals surface area contributed by atoms with Crippen LogP contribution in [0.4, 0.5) is 10.6 Å². The number of amides is 2. The van der Waals surface area contributed by atoms with E-state index >= 15 is 0 Å². The molecule has 1 unspecified atom stereocenters. The molecule has 3 saturated heterocycles. The summed E-state index contributed by atoms with van der Waals surface area (Å²) in [6.07, 6.45) is 13.8. The first-order chi connectivity index (χ1) is 20.6. The van der Waals surface area contributed by atoms with E-state index in [0.717, 1.165) is 43.6 Å². The van der Waals surface area contributed by atoms with Crippen molar-refractivity contribution >= 4 is 58.2 Å². The monoisotopic (exact) mass is 636 g/mol. The molecule has 2 amide bonds. The molecule has 0 aliphatic carbocycles. The first-order valence-electron chi connectivity index (χ1n) is 14.6. The molecule has 4 atom stereocenters. The number of nitrogens with two attached hydrogens (primary N) is 1. The number of esters is 1. The van der Waals surface area contributed by atoms with Crippen LogP contribution < -0.4 is 16.4 Å². The van der Waals surface area contributed by atoms with Gasteiger partial charge in [0.1, 0.15) is 24.3 Å². The number of carbonyl (C=O) groups excluding carboxylic acids is 2. The molecule has 5 heterocycles. The van der Waals surface area contributed by atoms with Crippen LogP contribution in [0, 0.1) is 12.3 Å². The van der Waals surface area contributed by atoms with Gasteiger partial charge in [0.25, 0.3) is 0 Å². The summed E-state index contributed by atoms with van der Waals surface area (Å²) in [5.74, 6) is 4.18. The molecule has 3 aliphatic rings. The quantitative estimate of drug-likeness (QED) is 0.0956. The molecule has 2 aromatic rings. The molecule has 2 aromatic heterocycles. The second-order valence-corrected chi connectivity index (χ2v) is 12.0. The van der Waals surface area contributed by atoms with Gasteiger partial charge in [-0.05, 0) is 43.4 Å². The molecule has 0 spiro atoms. The standard InChI is InChI=1S/C19H23ClN4O3.C5H8N2OS.C5H10O2/c1-3-5-6-7-15(25)26-12-19(4-2)10-8-14(27-19)24-11-9-13-16(21)22-18(20)23-17(13)24;8-5-6-3-1-9-2-4(3)7-5;1-2-3-4-5(6)7/h2,9,11,14H,3,5-8,10,12H2,1H3,(H2,21,22,23);3-4H,1-2H2,(H2,6,7,8);2-4H2,1H3,(H,6,7)/t14-,19+;3-,4?;/m10./s1. The third-order valence-corrected chi connectivity index (χ3v) is 8.57. The summed E-state index contributed by atoms with van der Waals surface area (Å²) in [6, 6.07) is 2.63. The van der Waals surface area contributed by atoms with E-state index in [1.54, 1.807) is 0 Å². The number of ether oxygens (including phenoxy) is 2. The van der Waals surface area contributed by atoms with Crippen molar-refractivity contribution in [3.05, 3.63) is 17.5 Å². The number of thioether (sulfide) groups is 1. The number of unbranched alkanes of at least 4 members (excludes halogenated alkanes) is 3. The molecule has 3 fully saturated rings. The molecular weight excluding hydrogens is 596 g/mol. The minimum Gasteiger partial charge on any atom is -0.481 e. The fourth-order valence-electron chi connectivity index (χ4n) is 4.78. The number of halogens is 1. The lowest BCUT2D eigenvalue weighted by atomic mass is 10.0. The first kappa shape index (κ1) is 34.3. The minimum atomic E-state index is -0.940. The number of terminal acetylenes is 1. The van der Waals surface area contributed by atoms with E-state index in [1.807, 2.05) is 35.5 Å². The van der Waals surface area contributed by atoms with Crippen LogP contribution in [0.15, 0.2) is 12.3 Å². The first-order valence-corrected chi connectivity index (χ1v) is 16.1. The molecule has 5 N–H and O–H groups in total. The van der Waals surface area contributed by atoms with Gasteiger partial charge in [-0.1, -0.05) is 39.0 Å². The highest BCUT2D eigenvalue weighted by atomic mass is 35.5. The minimum absolute atomic E-state index is 0.00491. The van der Waals surface area contributed by atoms with Crippen LogP contribution in [0.3, 0.4) is 0 Å². The number of carboxylic acids is 1. The Balaban J connectivity index is 0.000000256. The number of anilines is 1. The summed E-state index contributed by atoms with van der Waals surface area (Å²) in [5.41, 5.74) is 5.54. The Hall–Kier alpha value is -3.21. The molecule has 14 heteroatoms. The highest BCUT2D eigenvalue weighted by Crippen LogP contribution is 2.38. The molecule has 0 saturated carbocycles. The molecule has 0 bridgehead atoms. The van der Waals surface area contributed by atoms with Crippen molar-refractivity contribution in [3.63, 3.8) is 0 Å². The van der Waals surface area contributed by atoms with Gasteiger partial charge in [0.05, 0.1) is 17.5 Å². The number of nitrogens with one attached hydrogen (secondary N) is 2. The van der Waals surface area contributed by atoms with E-state index in [2.05, 4.69) is 33.4 Å². The van der Waals surface area contributed by atoms with E-state index in [9.17, 15) is 14.4 Å². The van der Waals surface area contributed by atoms with Gasteiger partial charge < -0.3 is 35.5 Å². The highest BCUT2D eigenvalue weighted by molar-refractivity contribution is 7.99. The predicted octanol–water partition coefficient (Wildman–Crippen LogP) is 4.52. The maximum absolute atomic E-state index is 11.9. The van der Waals surface area contributed by atoms with Gasteiger partial charge in [-0.15, -0.1) is 6.42 Å². The van der Waals surface area contributed by atoms with Crippen molar-refractivity contribution in [2.24, 2.45) is 0 Å². The van der Waals surface area contributed by atoms with Crippen LogP contribution in [0.5, 0.6) is 0 Å². The van der Waals surface area contributed by atoms with Gasteiger partial charge in [-0.25, -0.2) is 9.78 Å². The van der Waals surface area contributed by atoms with Gasteiger partial charge in [-0.3, -0.25) is 9.59 Å². The summed E-state index contributed by atoms with van der Waals surface area (Å²) >= 11 is 7.82. The van der Waals surface area contributed by atoms with E-state index in [0.29, 0.717) is 54.6 Å². The Bertz CT molecular complexity index is 1290. The lowest BCUT2D eigenvalue weighted by Crippen LogP contribution is -2.34. The smallest absolute Gasteiger partial charge is 0.315 e. The maximum Gasteiger partial charge on any atom is 0.315 e. The Morgan fingerprint density at radius 2 is 1.93 bits per heavy atom. The zero-order chi connectivity index (χ0) is 31.4. The number of nitrogen functional groups attached to an aromatic ring is 1. The van der Waals surface area contributed by atoms with E-state index < -0.39 is 11.6 Å². The van der Waals surface area contributed by atoms with Gasteiger partial charge in [-0.2, -0.15) is 16.7 Å². The van der Waals surface area contributed by atoms with Gasteiger partial charge in [0.2, 0.25) is 5.28 Å². The number of fused-ring (bicyclic) bond motifs is 2. The van der Waals surface area contributed by atoms with Crippen LogP contribution >= 0.6 is 23.4 Å². The second kappa shape index (κ2) is 16.6. The summed E-state index contributed by atoms with van der Waals surface area (Å²) in [7, 11) is 0. The second-order valence-electron chi connectivity index (χ2n) is 10.6. The van der Waals surface area contributed by atoms with Crippen molar-refractivity contribution < 1.29 is 29.0 Å². The van der Waals surface area contributed by atoms with Crippen LogP contribution in [0.2, 0.25) is 5.28 Å². The topological polar surface area (TPSA) is 171 Å². The number of hydrogen-bond acceptors (Lipinski definition) is 9. The molecule has 3 aliphatic heterocycles. The third-order valence-electron chi connectivity index (χ3n) is 7.21. The van der Waals surface area contributed by atoms with E-state index in [-0.39, 0.29) is 30.1 Å². The number of nitrogens with zero attached hydrogens (tertiary/aromatic N) is 3. The molecule has 0 aromatic carbocycles. The van der Waals surface area contributed by atoms with E-state index in [4.69, 9.17) is 38.3 Å². The summed E-state index contributed by atoms with van der Waals surface area (Å²) in [5, 5.41) is 14.5. The average molecular weight is 637 g/mol. The maximum atomic E-state index is 11.9. The number of urea groups is 1. The van der Waals surface area contributed by atoms with Crippen LogP contribution in [0.25, 0.3) is 11.0 Å². The summed E-state index contributed by atoms with van der Waals surface area (Å²) < 4.78 is 13.3. The Morgan fingerprint density at radius 3 is 2.53 bits per heavy atom. The fourth-order valence-corrected chi connectivity index (χ4v) is 6.23. The van der Waals surface area contributed by atoms with Crippen molar-refractivity contribution in [3.8, 4) is 12.3 Å². The SMILES string of the molecule is C#C[C@@]1(COC(=O)CCCCC)CC[C@H](n2ccc3c(N)nc(Cl)nc32)O1.CCCCC(=O)O.O=C1NC2CSC[C@@H]2N1. The van der Waals surface area contributed by atoms with E-state index in [1.165, 1.54) is 0 Å².